The van der Waals surface area contributed by atoms with Crippen LogP contribution in [0.15, 0.2) is 0 Å². The molecule has 0 bridgehead atoms. The molecular weight excluding hydrogens is 316 g/mol. The van der Waals surface area contributed by atoms with Crippen LogP contribution < -0.4 is 22.1 Å². The zero-order valence-corrected chi connectivity index (χ0v) is 12.6. The summed E-state index contributed by atoms with van der Waals surface area (Å²) in [6.45, 7) is -0.751. The largest absolute Gasteiger partial charge is 0.480 e. The molecule has 0 unspecified atom stereocenters. The second kappa shape index (κ2) is 9.97. The van der Waals surface area contributed by atoms with Crippen LogP contribution in [-0.4, -0.2) is 64.4 Å². The van der Waals surface area contributed by atoms with Gasteiger partial charge in [-0.1, -0.05) is 0 Å². The van der Waals surface area contributed by atoms with Crippen LogP contribution in [0.1, 0.15) is 12.8 Å². The summed E-state index contributed by atoms with van der Waals surface area (Å²) in [6, 6.07) is -3.71. The van der Waals surface area contributed by atoms with Crippen molar-refractivity contribution in [3.63, 3.8) is 0 Å². The molecule has 3 atom stereocenters. The Kier molecular flexibility index (Phi) is 9.13. The zero-order chi connectivity index (χ0) is 17.3. The number of primary amides is 1. The van der Waals surface area contributed by atoms with Gasteiger partial charge in [-0.05, 0) is 6.42 Å². The number of rotatable bonds is 10. The number of aliphatic hydroxyl groups is 1. The fourth-order valence-electron chi connectivity index (χ4n) is 1.37. The van der Waals surface area contributed by atoms with Crippen LogP contribution in [-0.2, 0) is 19.2 Å². The molecule has 0 fully saturated rings. The first kappa shape index (κ1) is 20.1. The Hall–Kier alpha value is -1.85. The lowest BCUT2D eigenvalue weighted by Gasteiger charge is -2.20. The molecule has 22 heavy (non-hydrogen) atoms. The second-order valence-corrected chi connectivity index (χ2v) is 4.80. The highest BCUT2D eigenvalue weighted by Gasteiger charge is 2.27. The van der Waals surface area contributed by atoms with E-state index in [0.29, 0.717) is 0 Å². The molecule has 0 aromatic heterocycles. The van der Waals surface area contributed by atoms with Crippen LogP contribution >= 0.6 is 12.6 Å². The van der Waals surface area contributed by atoms with Gasteiger partial charge >= 0.3 is 5.97 Å². The van der Waals surface area contributed by atoms with Crippen LogP contribution in [0.25, 0.3) is 0 Å². The lowest BCUT2D eigenvalue weighted by atomic mass is 10.1. The first-order chi connectivity index (χ1) is 10.2. The number of carbonyl (C=O) groups excluding carboxylic acids is 3. The first-order valence-corrected chi connectivity index (χ1v) is 6.95. The quantitative estimate of drug-likeness (QED) is 0.202. The predicted octanol–water partition coefficient (Wildman–Crippen LogP) is -3.44. The lowest BCUT2D eigenvalue weighted by molar-refractivity contribution is -0.142. The third-order valence-electron chi connectivity index (χ3n) is 2.64. The number of nitrogens with two attached hydrogens (primary N) is 2. The third kappa shape index (κ3) is 7.24. The minimum absolute atomic E-state index is 0.0297. The van der Waals surface area contributed by atoms with Crippen LogP contribution in [0, 0.1) is 0 Å². The van der Waals surface area contributed by atoms with Gasteiger partial charge in [-0.15, -0.1) is 0 Å². The van der Waals surface area contributed by atoms with Crippen LogP contribution in [0.2, 0.25) is 0 Å². The molecule has 0 aromatic rings. The second-order valence-electron chi connectivity index (χ2n) is 4.44. The highest BCUT2D eigenvalue weighted by atomic mass is 32.1. The van der Waals surface area contributed by atoms with Gasteiger partial charge in [-0.3, -0.25) is 14.4 Å². The lowest BCUT2D eigenvalue weighted by Crippen LogP contribution is -2.56. The van der Waals surface area contributed by atoms with Crippen molar-refractivity contribution in [3.05, 3.63) is 0 Å². The Morgan fingerprint density at radius 3 is 2.05 bits per heavy atom. The fourth-order valence-corrected chi connectivity index (χ4v) is 1.54. The van der Waals surface area contributed by atoms with Crippen molar-refractivity contribution in [2.75, 3.05) is 12.4 Å². The number of amides is 3. The van der Waals surface area contributed by atoms with E-state index >= 15 is 0 Å². The molecular formula is C11H20N4O6S. The molecule has 3 amide bonds. The summed E-state index contributed by atoms with van der Waals surface area (Å²) in [6.07, 6.45) is -0.448. The number of carboxylic acids is 1. The average molecular weight is 336 g/mol. The minimum Gasteiger partial charge on any atom is -0.480 e. The number of carbonyl (C=O) groups is 4. The summed E-state index contributed by atoms with van der Waals surface area (Å²) < 4.78 is 0. The molecule has 0 rings (SSSR count). The SMILES string of the molecule is NC(=O)CC[C@H](NC(=O)[C@H](CO)NC(=O)[C@@H](N)CS)C(=O)O. The van der Waals surface area contributed by atoms with Gasteiger partial charge in [0.2, 0.25) is 17.7 Å². The highest BCUT2D eigenvalue weighted by molar-refractivity contribution is 7.80. The van der Waals surface area contributed by atoms with E-state index in [2.05, 4.69) is 23.3 Å². The van der Waals surface area contributed by atoms with Gasteiger partial charge in [0.25, 0.3) is 0 Å². The van der Waals surface area contributed by atoms with Crippen molar-refractivity contribution in [1.29, 1.82) is 0 Å². The summed E-state index contributed by atoms with van der Waals surface area (Å²) >= 11 is 3.82. The third-order valence-corrected chi connectivity index (χ3v) is 3.04. The maximum Gasteiger partial charge on any atom is 0.326 e. The molecule has 0 saturated carbocycles. The van der Waals surface area contributed by atoms with E-state index < -0.39 is 48.4 Å². The van der Waals surface area contributed by atoms with Gasteiger partial charge in [-0.25, -0.2) is 4.79 Å². The first-order valence-electron chi connectivity index (χ1n) is 6.32. The van der Waals surface area contributed by atoms with E-state index in [0.717, 1.165) is 0 Å². The summed E-state index contributed by atoms with van der Waals surface area (Å²) in [5.74, 6) is -3.69. The number of aliphatic hydroxyl groups excluding tert-OH is 1. The highest BCUT2D eigenvalue weighted by Crippen LogP contribution is 1.99. The number of hydrogen-bond donors (Lipinski definition) is 7. The Morgan fingerprint density at radius 1 is 1.09 bits per heavy atom. The smallest absolute Gasteiger partial charge is 0.326 e. The van der Waals surface area contributed by atoms with Gasteiger partial charge in [0.15, 0.2) is 0 Å². The maximum absolute atomic E-state index is 11.9. The van der Waals surface area contributed by atoms with Crippen molar-refractivity contribution in [2.24, 2.45) is 11.5 Å². The molecule has 0 aromatic carbocycles. The molecule has 126 valence electrons. The molecule has 0 heterocycles. The van der Waals surface area contributed by atoms with E-state index in [1.165, 1.54) is 0 Å². The molecule has 8 N–H and O–H groups in total. The van der Waals surface area contributed by atoms with E-state index in [9.17, 15) is 19.2 Å². The number of aliphatic carboxylic acids is 1. The average Bonchev–Trinajstić information content (AvgIpc) is 2.46. The zero-order valence-electron chi connectivity index (χ0n) is 11.7. The van der Waals surface area contributed by atoms with Crippen molar-refractivity contribution in [1.82, 2.24) is 10.6 Å². The van der Waals surface area contributed by atoms with Gasteiger partial charge in [0, 0.05) is 12.2 Å². The number of hydrogen-bond acceptors (Lipinski definition) is 7. The van der Waals surface area contributed by atoms with E-state index in [4.69, 9.17) is 21.7 Å². The predicted molar refractivity (Wildman–Crippen MR) is 78.8 cm³/mol. The standard InChI is InChI=1S/C11H20N4O6S/c12-5(4-22)9(18)15-7(3-16)10(19)14-6(11(20)21)1-2-8(13)17/h5-7,16,22H,1-4,12H2,(H2,13,17)(H,14,19)(H,15,18)(H,20,21)/t5-,6-,7-/m0/s1. The van der Waals surface area contributed by atoms with Crippen LogP contribution in [0.4, 0.5) is 0 Å². The Bertz CT molecular complexity index is 433. The summed E-state index contributed by atoms with van der Waals surface area (Å²) in [7, 11) is 0. The number of thiol groups is 1. The Labute approximate surface area is 132 Å². The van der Waals surface area contributed by atoms with Gasteiger partial charge in [0.05, 0.1) is 12.6 Å². The van der Waals surface area contributed by atoms with Gasteiger partial charge < -0.3 is 32.3 Å². The molecule has 11 heteroatoms. The molecule has 0 saturated heterocycles. The van der Waals surface area contributed by atoms with E-state index in [1.807, 2.05) is 0 Å². The van der Waals surface area contributed by atoms with Crippen LogP contribution in [0.5, 0.6) is 0 Å². The number of carboxylic acid groups (broad SMARTS) is 1. The summed E-state index contributed by atoms with van der Waals surface area (Å²) in [4.78, 5) is 45.0. The van der Waals surface area contributed by atoms with Crippen molar-refractivity contribution < 1.29 is 29.4 Å². The minimum atomic E-state index is -1.37. The summed E-state index contributed by atoms with van der Waals surface area (Å²) in [5.41, 5.74) is 10.3. The van der Waals surface area contributed by atoms with E-state index in [-0.39, 0.29) is 18.6 Å². The Morgan fingerprint density at radius 2 is 1.64 bits per heavy atom. The van der Waals surface area contributed by atoms with Crippen molar-refractivity contribution >= 4 is 36.3 Å². The van der Waals surface area contributed by atoms with Crippen molar-refractivity contribution in [2.45, 2.75) is 31.0 Å². The molecule has 0 radical (unpaired) electrons. The monoisotopic (exact) mass is 336 g/mol. The molecule has 0 aliphatic carbocycles. The molecule has 10 nitrogen and oxygen atoms in total. The van der Waals surface area contributed by atoms with E-state index in [1.54, 1.807) is 0 Å². The molecule has 0 aliphatic heterocycles. The van der Waals surface area contributed by atoms with Gasteiger partial charge in [0.1, 0.15) is 12.1 Å². The summed E-state index contributed by atoms with van der Waals surface area (Å²) in [5, 5.41) is 22.3. The Balaban J connectivity index is 4.70. The molecule has 0 aliphatic rings. The maximum atomic E-state index is 11.9. The molecule has 0 spiro atoms. The van der Waals surface area contributed by atoms with Gasteiger partial charge in [-0.2, -0.15) is 12.6 Å². The van der Waals surface area contributed by atoms with Crippen LogP contribution in [0.3, 0.4) is 0 Å². The fraction of sp³-hybridized carbons (Fsp3) is 0.636. The number of nitrogens with one attached hydrogen (secondary N) is 2. The topological polar surface area (TPSA) is 185 Å². The normalized spacial score (nSPS) is 14.5. The van der Waals surface area contributed by atoms with Crippen molar-refractivity contribution in [3.8, 4) is 0 Å².